The van der Waals surface area contributed by atoms with Crippen LogP contribution >= 0.6 is 0 Å². The number of primary sulfonamides is 1. The van der Waals surface area contributed by atoms with E-state index in [4.69, 9.17) is 5.14 Å². The Labute approximate surface area is 157 Å². The average Bonchev–Trinajstić information content (AvgIpc) is 2.64. The second-order valence-electron chi connectivity index (χ2n) is 6.35. The van der Waals surface area contributed by atoms with Gasteiger partial charge in [-0.3, -0.25) is 4.90 Å². The number of sulfonamides is 1. The van der Waals surface area contributed by atoms with E-state index in [0.717, 1.165) is 0 Å². The van der Waals surface area contributed by atoms with Crippen LogP contribution in [0.5, 0.6) is 0 Å². The van der Waals surface area contributed by atoms with Gasteiger partial charge in [0.05, 0.1) is 4.90 Å². The first-order chi connectivity index (χ1) is 12.8. The Balaban J connectivity index is 1.52. The number of hydrogen-bond donors (Lipinski definition) is 2. The van der Waals surface area contributed by atoms with E-state index in [9.17, 15) is 17.6 Å². The normalized spacial score (nSPS) is 15.6. The number of rotatable bonds is 4. The molecule has 7 nitrogen and oxygen atoms in total. The molecule has 2 aromatic carbocycles. The van der Waals surface area contributed by atoms with E-state index in [1.54, 1.807) is 17.0 Å². The molecule has 0 aromatic heterocycles. The summed E-state index contributed by atoms with van der Waals surface area (Å²) in [6, 6.07) is 12.1. The molecule has 3 rings (SSSR count). The lowest BCUT2D eigenvalue weighted by molar-refractivity contribution is 0.142. The zero-order chi connectivity index (χ0) is 19.4. The molecule has 0 radical (unpaired) electrons. The molecule has 27 heavy (non-hydrogen) atoms. The van der Waals surface area contributed by atoms with Crippen LogP contribution < -0.4 is 10.5 Å². The molecular weight excluding hydrogens is 371 g/mol. The Hall–Kier alpha value is -2.49. The highest BCUT2D eigenvalue weighted by Crippen LogP contribution is 2.15. The van der Waals surface area contributed by atoms with Crippen LogP contribution in [0.25, 0.3) is 0 Å². The van der Waals surface area contributed by atoms with E-state index < -0.39 is 10.0 Å². The summed E-state index contributed by atoms with van der Waals surface area (Å²) < 4.78 is 36.2. The van der Waals surface area contributed by atoms with Gasteiger partial charge in [-0.2, -0.15) is 0 Å². The van der Waals surface area contributed by atoms with Crippen LogP contribution in [0.3, 0.4) is 0 Å². The van der Waals surface area contributed by atoms with Crippen LogP contribution in [-0.4, -0.2) is 50.4 Å². The van der Waals surface area contributed by atoms with E-state index in [1.165, 1.54) is 30.3 Å². The SMILES string of the molecule is NS(=O)(=O)c1ccc(NC(=O)N2CCN(Cc3ccccc3F)CC2)cc1. The minimum atomic E-state index is -3.76. The molecule has 0 aliphatic carbocycles. The van der Waals surface area contributed by atoms with Crippen molar-refractivity contribution in [2.45, 2.75) is 11.4 Å². The van der Waals surface area contributed by atoms with Gasteiger partial charge in [0, 0.05) is 44.0 Å². The molecule has 1 saturated heterocycles. The molecule has 1 aliphatic heterocycles. The van der Waals surface area contributed by atoms with Gasteiger partial charge in [0.2, 0.25) is 10.0 Å². The number of anilines is 1. The number of carbonyl (C=O) groups is 1. The predicted octanol–water partition coefficient (Wildman–Crippen LogP) is 1.82. The molecule has 1 heterocycles. The smallest absolute Gasteiger partial charge is 0.321 e. The summed E-state index contributed by atoms with van der Waals surface area (Å²) in [5, 5.41) is 7.79. The third kappa shape index (κ3) is 5.03. The lowest BCUT2D eigenvalue weighted by atomic mass is 10.2. The summed E-state index contributed by atoms with van der Waals surface area (Å²) in [6.45, 7) is 2.85. The lowest BCUT2D eigenvalue weighted by Crippen LogP contribution is -2.49. The molecule has 2 aromatic rings. The quantitative estimate of drug-likeness (QED) is 0.830. The number of urea groups is 1. The van der Waals surface area contributed by atoms with Gasteiger partial charge in [0.15, 0.2) is 0 Å². The molecule has 0 saturated carbocycles. The monoisotopic (exact) mass is 392 g/mol. The summed E-state index contributed by atoms with van der Waals surface area (Å²) in [5.41, 5.74) is 1.13. The minimum Gasteiger partial charge on any atom is -0.322 e. The first-order valence-corrected chi connectivity index (χ1v) is 10.0. The summed E-state index contributed by atoms with van der Waals surface area (Å²) >= 11 is 0. The molecule has 144 valence electrons. The zero-order valence-electron chi connectivity index (χ0n) is 14.6. The standard InChI is InChI=1S/C18H21FN4O3S/c19-17-4-2-1-3-14(17)13-22-9-11-23(12-10-22)18(24)21-15-5-7-16(8-6-15)27(20,25)26/h1-8H,9-13H2,(H,21,24)(H2,20,25,26). The molecule has 9 heteroatoms. The van der Waals surface area contributed by atoms with Crippen LogP contribution in [0.15, 0.2) is 53.4 Å². The van der Waals surface area contributed by atoms with Gasteiger partial charge in [-0.15, -0.1) is 0 Å². The van der Waals surface area contributed by atoms with Crippen molar-refractivity contribution in [2.24, 2.45) is 5.14 Å². The van der Waals surface area contributed by atoms with Crippen molar-refractivity contribution in [3.05, 3.63) is 59.9 Å². The topological polar surface area (TPSA) is 95.7 Å². The second kappa shape index (κ2) is 8.03. The van der Waals surface area contributed by atoms with Crippen LogP contribution in [0.1, 0.15) is 5.56 Å². The maximum atomic E-state index is 13.7. The number of carbonyl (C=O) groups excluding carboxylic acids is 1. The third-order valence-electron chi connectivity index (χ3n) is 4.45. The number of amides is 2. The van der Waals surface area contributed by atoms with Crippen LogP contribution in [-0.2, 0) is 16.6 Å². The second-order valence-corrected chi connectivity index (χ2v) is 7.92. The van der Waals surface area contributed by atoms with Crippen LogP contribution in [0.4, 0.5) is 14.9 Å². The number of nitrogens with zero attached hydrogens (tertiary/aromatic N) is 2. The largest absolute Gasteiger partial charge is 0.322 e. The minimum absolute atomic E-state index is 0.0118. The molecule has 0 spiro atoms. The number of nitrogens with one attached hydrogen (secondary N) is 1. The van der Waals surface area contributed by atoms with E-state index in [-0.39, 0.29) is 16.7 Å². The third-order valence-corrected chi connectivity index (χ3v) is 5.37. The predicted molar refractivity (Wildman–Crippen MR) is 100 cm³/mol. The highest BCUT2D eigenvalue weighted by molar-refractivity contribution is 7.89. The number of hydrogen-bond acceptors (Lipinski definition) is 4. The van der Waals surface area contributed by atoms with Crippen LogP contribution in [0, 0.1) is 5.82 Å². The molecule has 0 bridgehead atoms. The molecular formula is C18H21FN4O3S. The number of benzene rings is 2. The highest BCUT2D eigenvalue weighted by Gasteiger charge is 2.22. The number of halogens is 1. The maximum absolute atomic E-state index is 13.7. The fraction of sp³-hybridized carbons (Fsp3) is 0.278. The van der Waals surface area contributed by atoms with Crippen LogP contribution in [0.2, 0.25) is 0 Å². The number of piperazine rings is 1. The molecule has 1 aliphatic rings. The van der Waals surface area contributed by atoms with Crippen molar-refractivity contribution in [1.29, 1.82) is 0 Å². The van der Waals surface area contributed by atoms with Gasteiger partial charge in [-0.1, -0.05) is 18.2 Å². The first kappa shape index (κ1) is 19.3. The summed E-state index contributed by atoms with van der Waals surface area (Å²) in [5.74, 6) is -0.222. The molecule has 2 amide bonds. The van der Waals surface area contributed by atoms with Crippen molar-refractivity contribution < 1.29 is 17.6 Å². The average molecular weight is 392 g/mol. The Morgan fingerprint density at radius 3 is 2.26 bits per heavy atom. The molecule has 0 atom stereocenters. The fourth-order valence-electron chi connectivity index (χ4n) is 2.91. The van der Waals surface area contributed by atoms with Gasteiger partial charge in [0.1, 0.15) is 5.82 Å². The number of nitrogens with two attached hydrogens (primary N) is 1. The Kier molecular flexibility index (Phi) is 5.73. The molecule has 1 fully saturated rings. The van der Waals surface area contributed by atoms with Crippen molar-refractivity contribution >= 4 is 21.7 Å². The van der Waals surface area contributed by atoms with E-state index in [1.807, 2.05) is 6.07 Å². The molecule has 0 unspecified atom stereocenters. The van der Waals surface area contributed by atoms with Crippen molar-refractivity contribution in [1.82, 2.24) is 9.80 Å². The lowest BCUT2D eigenvalue weighted by Gasteiger charge is -2.34. The van der Waals surface area contributed by atoms with Gasteiger partial charge < -0.3 is 10.2 Å². The van der Waals surface area contributed by atoms with E-state index in [2.05, 4.69) is 10.2 Å². The summed E-state index contributed by atoms with van der Waals surface area (Å²) in [4.78, 5) is 16.1. The van der Waals surface area contributed by atoms with Gasteiger partial charge >= 0.3 is 6.03 Å². The Bertz CT molecular complexity index is 910. The Morgan fingerprint density at radius 2 is 1.67 bits per heavy atom. The van der Waals surface area contributed by atoms with Crippen molar-refractivity contribution in [3.63, 3.8) is 0 Å². The maximum Gasteiger partial charge on any atom is 0.321 e. The molecule has 3 N–H and O–H groups in total. The van der Waals surface area contributed by atoms with Gasteiger partial charge in [0.25, 0.3) is 0 Å². The summed E-state index contributed by atoms with van der Waals surface area (Å²) in [6.07, 6.45) is 0. The highest BCUT2D eigenvalue weighted by atomic mass is 32.2. The van der Waals surface area contributed by atoms with E-state index in [0.29, 0.717) is 44.0 Å². The van der Waals surface area contributed by atoms with Crippen molar-refractivity contribution in [2.75, 3.05) is 31.5 Å². The fourth-order valence-corrected chi connectivity index (χ4v) is 3.42. The van der Waals surface area contributed by atoms with Gasteiger partial charge in [-0.25, -0.2) is 22.7 Å². The van der Waals surface area contributed by atoms with Crippen molar-refractivity contribution in [3.8, 4) is 0 Å². The Morgan fingerprint density at radius 1 is 1.04 bits per heavy atom. The van der Waals surface area contributed by atoms with Gasteiger partial charge in [-0.05, 0) is 30.3 Å². The first-order valence-electron chi connectivity index (χ1n) is 8.47. The zero-order valence-corrected chi connectivity index (χ0v) is 15.5. The van der Waals surface area contributed by atoms with E-state index >= 15 is 0 Å². The summed E-state index contributed by atoms with van der Waals surface area (Å²) in [7, 11) is -3.76.